The van der Waals surface area contributed by atoms with Crippen molar-refractivity contribution in [3.63, 3.8) is 0 Å². The van der Waals surface area contributed by atoms with E-state index in [1.165, 1.54) is 22.2 Å². The Hall–Kier alpha value is -1.19. The molecule has 0 radical (unpaired) electrons. The lowest BCUT2D eigenvalue weighted by Crippen LogP contribution is -2.16. The molecule has 0 atom stereocenters. The fourth-order valence-corrected chi connectivity index (χ4v) is 2.55. The van der Waals surface area contributed by atoms with Crippen LogP contribution >= 0.6 is 12.4 Å². The molecule has 2 aromatic rings. The molecule has 1 aliphatic rings. The van der Waals surface area contributed by atoms with Crippen molar-refractivity contribution in [2.24, 2.45) is 0 Å². The molecule has 1 aromatic carbocycles. The molecule has 1 aliphatic heterocycles. The Labute approximate surface area is 107 Å². The number of methoxy groups -OCH3 is 1. The number of hydrogen-bond donors (Lipinski definition) is 2. The van der Waals surface area contributed by atoms with Crippen molar-refractivity contribution in [1.82, 2.24) is 10.3 Å². The number of hydrogen-bond acceptors (Lipinski definition) is 2. The summed E-state index contributed by atoms with van der Waals surface area (Å²) in [5.74, 6) is 0.983. The number of aromatic nitrogens is 1. The van der Waals surface area contributed by atoms with Crippen LogP contribution in [-0.2, 0) is 12.8 Å². The summed E-state index contributed by atoms with van der Waals surface area (Å²) in [6.07, 6.45) is 2.16. The first-order chi connectivity index (χ1) is 7.90. The summed E-state index contributed by atoms with van der Waals surface area (Å²) in [6, 6.07) is 6.20. The number of H-pyrrole nitrogens is 1. The zero-order valence-electron chi connectivity index (χ0n) is 9.88. The van der Waals surface area contributed by atoms with Crippen molar-refractivity contribution in [2.75, 3.05) is 20.2 Å². The van der Waals surface area contributed by atoms with Crippen molar-refractivity contribution in [3.8, 4) is 5.75 Å². The highest BCUT2D eigenvalue weighted by molar-refractivity contribution is 5.90. The van der Waals surface area contributed by atoms with Gasteiger partial charge >= 0.3 is 0 Å². The lowest BCUT2D eigenvalue weighted by molar-refractivity contribution is 0.419. The summed E-state index contributed by atoms with van der Waals surface area (Å²) in [6.45, 7) is 2.11. The van der Waals surface area contributed by atoms with Gasteiger partial charge in [-0.25, -0.2) is 0 Å². The minimum absolute atomic E-state index is 0. The second kappa shape index (κ2) is 4.98. The molecule has 0 unspecified atom stereocenters. The summed E-state index contributed by atoms with van der Waals surface area (Å²) >= 11 is 0. The third-order valence-corrected chi connectivity index (χ3v) is 3.30. The molecule has 17 heavy (non-hydrogen) atoms. The van der Waals surface area contributed by atoms with E-state index < -0.39 is 0 Å². The Kier molecular flexibility index (Phi) is 3.60. The zero-order valence-corrected chi connectivity index (χ0v) is 10.7. The van der Waals surface area contributed by atoms with Gasteiger partial charge in [-0.15, -0.1) is 12.4 Å². The van der Waals surface area contributed by atoms with Crippen LogP contribution < -0.4 is 10.1 Å². The molecular formula is C13H17ClN2O. The highest BCUT2D eigenvalue weighted by Gasteiger charge is 2.16. The van der Waals surface area contributed by atoms with Gasteiger partial charge in [-0.1, -0.05) is 6.07 Å². The lowest BCUT2D eigenvalue weighted by Gasteiger charge is -2.04. The number of benzene rings is 1. The van der Waals surface area contributed by atoms with Crippen LogP contribution in [0.3, 0.4) is 0 Å². The first-order valence-corrected chi connectivity index (χ1v) is 5.77. The third kappa shape index (κ3) is 2.01. The molecule has 0 saturated heterocycles. The van der Waals surface area contributed by atoms with Crippen molar-refractivity contribution in [3.05, 3.63) is 29.5 Å². The van der Waals surface area contributed by atoms with E-state index in [0.29, 0.717) is 0 Å². The van der Waals surface area contributed by atoms with Gasteiger partial charge in [0.1, 0.15) is 5.75 Å². The smallest absolute Gasteiger partial charge is 0.128 e. The summed E-state index contributed by atoms with van der Waals surface area (Å²) in [5, 5.41) is 4.69. The molecule has 0 fully saturated rings. The van der Waals surface area contributed by atoms with Gasteiger partial charge in [0.05, 0.1) is 7.11 Å². The molecule has 92 valence electrons. The Bertz CT molecular complexity index is 521. The normalized spacial score (nSPS) is 14.9. The van der Waals surface area contributed by atoms with Crippen LogP contribution in [0.15, 0.2) is 18.2 Å². The van der Waals surface area contributed by atoms with E-state index in [1.807, 2.05) is 12.1 Å². The molecule has 0 saturated carbocycles. The summed E-state index contributed by atoms with van der Waals surface area (Å²) in [7, 11) is 1.74. The summed E-state index contributed by atoms with van der Waals surface area (Å²) < 4.78 is 5.45. The van der Waals surface area contributed by atoms with E-state index in [-0.39, 0.29) is 12.4 Å². The first-order valence-electron chi connectivity index (χ1n) is 5.77. The number of nitrogens with one attached hydrogen (secondary N) is 2. The van der Waals surface area contributed by atoms with Crippen LogP contribution in [0.1, 0.15) is 11.3 Å². The molecule has 3 nitrogen and oxygen atoms in total. The molecule has 3 rings (SSSR count). The summed E-state index contributed by atoms with van der Waals surface area (Å²) in [5.41, 5.74) is 3.99. The lowest BCUT2D eigenvalue weighted by atomic mass is 10.1. The van der Waals surface area contributed by atoms with Crippen LogP contribution in [0.5, 0.6) is 5.75 Å². The van der Waals surface area contributed by atoms with Crippen LogP contribution in [0, 0.1) is 0 Å². The maximum absolute atomic E-state index is 5.45. The second-order valence-corrected chi connectivity index (χ2v) is 4.21. The average Bonchev–Trinajstić information content (AvgIpc) is 2.52. The average molecular weight is 253 g/mol. The van der Waals surface area contributed by atoms with Gasteiger partial charge in [-0.2, -0.15) is 0 Å². The molecule has 2 N–H and O–H groups in total. The molecule has 0 spiro atoms. The molecule has 0 aliphatic carbocycles. The minimum atomic E-state index is 0. The van der Waals surface area contributed by atoms with Crippen molar-refractivity contribution in [2.45, 2.75) is 12.8 Å². The van der Waals surface area contributed by atoms with Crippen molar-refractivity contribution in [1.29, 1.82) is 0 Å². The van der Waals surface area contributed by atoms with Gasteiger partial charge in [-0.05, 0) is 30.7 Å². The van der Waals surface area contributed by atoms with Gasteiger partial charge in [0.15, 0.2) is 0 Å². The molecule has 0 amide bonds. The number of ether oxygens (including phenoxy) is 1. The van der Waals surface area contributed by atoms with E-state index >= 15 is 0 Å². The number of aromatic amines is 1. The molecule has 2 heterocycles. The van der Waals surface area contributed by atoms with Gasteiger partial charge < -0.3 is 15.0 Å². The van der Waals surface area contributed by atoms with E-state index in [4.69, 9.17) is 4.74 Å². The highest BCUT2D eigenvalue weighted by atomic mass is 35.5. The predicted molar refractivity (Wildman–Crippen MR) is 72.4 cm³/mol. The van der Waals surface area contributed by atoms with Crippen LogP contribution in [-0.4, -0.2) is 25.2 Å². The Morgan fingerprint density at radius 3 is 2.82 bits per heavy atom. The van der Waals surface area contributed by atoms with E-state index in [2.05, 4.69) is 16.4 Å². The van der Waals surface area contributed by atoms with Crippen LogP contribution in [0.4, 0.5) is 0 Å². The maximum Gasteiger partial charge on any atom is 0.128 e. The zero-order chi connectivity index (χ0) is 11.0. The quantitative estimate of drug-likeness (QED) is 0.817. The molecule has 0 bridgehead atoms. The third-order valence-electron chi connectivity index (χ3n) is 3.30. The van der Waals surface area contributed by atoms with Crippen LogP contribution in [0.25, 0.3) is 10.9 Å². The fourth-order valence-electron chi connectivity index (χ4n) is 2.55. The van der Waals surface area contributed by atoms with E-state index in [1.54, 1.807) is 7.11 Å². The maximum atomic E-state index is 5.45. The van der Waals surface area contributed by atoms with Crippen LogP contribution in [0.2, 0.25) is 0 Å². The first kappa shape index (κ1) is 12.3. The Morgan fingerprint density at radius 1 is 1.18 bits per heavy atom. The second-order valence-electron chi connectivity index (χ2n) is 4.21. The predicted octanol–water partition coefficient (Wildman–Crippen LogP) is 2.29. The SMILES string of the molecule is COc1cccc2[nH]c3c(c12)CCNCC3.Cl. The van der Waals surface area contributed by atoms with Crippen molar-refractivity contribution >= 4 is 23.3 Å². The summed E-state index contributed by atoms with van der Waals surface area (Å²) in [4.78, 5) is 3.51. The fraction of sp³-hybridized carbons (Fsp3) is 0.385. The van der Waals surface area contributed by atoms with Gasteiger partial charge in [-0.3, -0.25) is 0 Å². The highest BCUT2D eigenvalue weighted by Crippen LogP contribution is 2.32. The van der Waals surface area contributed by atoms with Crippen molar-refractivity contribution < 1.29 is 4.74 Å². The van der Waals surface area contributed by atoms with Gasteiger partial charge in [0.2, 0.25) is 0 Å². The van der Waals surface area contributed by atoms with Gasteiger partial charge in [0.25, 0.3) is 0 Å². The largest absolute Gasteiger partial charge is 0.496 e. The Balaban J connectivity index is 0.00000108. The minimum Gasteiger partial charge on any atom is -0.496 e. The van der Waals surface area contributed by atoms with Gasteiger partial charge in [0, 0.05) is 29.6 Å². The standard InChI is InChI=1S/C13H16N2O.ClH/c1-16-12-4-2-3-11-13(12)9-5-7-14-8-6-10(9)15-11;/h2-4,14-15H,5-8H2,1H3;1H. The number of rotatable bonds is 1. The number of halogens is 1. The van der Waals surface area contributed by atoms with E-state index in [0.717, 1.165) is 31.7 Å². The molecule has 1 aromatic heterocycles. The monoisotopic (exact) mass is 252 g/mol. The Morgan fingerprint density at radius 2 is 2.00 bits per heavy atom. The molecule has 4 heteroatoms. The molecular weight excluding hydrogens is 236 g/mol. The van der Waals surface area contributed by atoms with E-state index in [9.17, 15) is 0 Å². The topological polar surface area (TPSA) is 37.0 Å². The number of fused-ring (bicyclic) bond motifs is 3.